The van der Waals surface area contributed by atoms with Crippen LogP contribution >= 0.6 is 11.3 Å². The first kappa shape index (κ1) is 18.8. The van der Waals surface area contributed by atoms with Gasteiger partial charge < -0.3 is 14.2 Å². The lowest BCUT2D eigenvalue weighted by Gasteiger charge is -2.38. The monoisotopic (exact) mass is 349 g/mol. The second-order valence-electron chi connectivity index (χ2n) is 5.94. The second-order valence-corrected chi connectivity index (χ2v) is 6.89. The Morgan fingerprint density at radius 3 is 2.38 bits per heavy atom. The molecule has 1 heterocycles. The summed E-state index contributed by atoms with van der Waals surface area (Å²) in [6.45, 7) is 3.40. The zero-order valence-corrected chi connectivity index (χ0v) is 16.0. The van der Waals surface area contributed by atoms with E-state index in [0.717, 1.165) is 23.5 Å². The minimum Gasteiger partial charge on any atom is -0.493 e. The molecule has 1 aromatic heterocycles. The SMILES string of the molecule is CC[C@](COCc1ccc(OC)c(OC)c1)(c1cccs1)N(C)C. The van der Waals surface area contributed by atoms with E-state index in [0.29, 0.717) is 13.2 Å². The summed E-state index contributed by atoms with van der Waals surface area (Å²) in [5, 5.41) is 2.12. The van der Waals surface area contributed by atoms with E-state index in [4.69, 9.17) is 14.2 Å². The zero-order chi connectivity index (χ0) is 17.6. The summed E-state index contributed by atoms with van der Waals surface area (Å²) in [5.74, 6) is 1.46. The Morgan fingerprint density at radius 1 is 1.08 bits per heavy atom. The maximum atomic E-state index is 6.10. The van der Waals surface area contributed by atoms with Gasteiger partial charge in [-0.25, -0.2) is 0 Å². The van der Waals surface area contributed by atoms with Gasteiger partial charge in [0.1, 0.15) is 0 Å². The maximum Gasteiger partial charge on any atom is 0.161 e. The Bertz CT molecular complexity index is 628. The molecule has 0 aliphatic rings. The van der Waals surface area contributed by atoms with E-state index in [1.54, 1.807) is 25.6 Å². The highest BCUT2D eigenvalue weighted by Crippen LogP contribution is 2.34. The average molecular weight is 349 g/mol. The molecule has 0 unspecified atom stereocenters. The number of nitrogens with zero attached hydrogens (tertiary/aromatic N) is 1. The maximum absolute atomic E-state index is 6.10. The summed E-state index contributed by atoms with van der Waals surface area (Å²) in [4.78, 5) is 3.59. The Labute approximate surface area is 149 Å². The van der Waals surface area contributed by atoms with Gasteiger partial charge in [0.2, 0.25) is 0 Å². The fourth-order valence-electron chi connectivity index (χ4n) is 2.86. The topological polar surface area (TPSA) is 30.9 Å². The highest BCUT2D eigenvalue weighted by molar-refractivity contribution is 7.10. The van der Waals surface area contributed by atoms with Crippen molar-refractivity contribution in [3.8, 4) is 11.5 Å². The van der Waals surface area contributed by atoms with E-state index in [1.165, 1.54) is 4.88 Å². The van der Waals surface area contributed by atoms with Crippen LogP contribution in [0.5, 0.6) is 11.5 Å². The van der Waals surface area contributed by atoms with Gasteiger partial charge in [0.15, 0.2) is 11.5 Å². The molecule has 0 aliphatic carbocycles. The molecule has 24 heavy (non-hydrogen) atoms. The Hall–Kier alpha value is -1.56. The molecule has 0 N–H and O–H groups in total. The van der Waals surface area contributed by atoms with Gasteiger partial charge in [-0.2, -0.15) is 0 Å². The standard InChI is InChI=1S/C19H27NO3S/c1-6-19(20(2)3,18-8-7-11-24-18)14-23-13-15-9-10-16(21-4)17(12-15)22-5/h7-12H,6,13-14H2,1-5H3/t19-/m0/s1. The van der Waals surface area contributed by atoms with Crippen molar-refractivity contribution in [2.75, 3.05) is 34.9 Å². The molecule has 0 fully saturated rings. The van der Waals surface area contributed by atoms with E-state index in [1.807, 2.05) is 18.2 Å². The van der Waals surface area contributed by atoms with Gasteiger partial charge in [0, 0.05) is 4.88 Å². The summed E-state index contributed by atoms with van der Waals surface area (Å²) in [7, 11) is 7.52. The molecule has 0 spiro atoms. The molecule has 0 saturated heterocycles. The number of ether oxygens (including phenoxy) is 3. The number of rotatable bonds is 9. The van der Waals surface area contributed by atoms with Crippen LogP contribution in [0.1, 0.15) is 23.8 Å². The lowest BCUT2D eigenvalue weighted by Crippen LogP contribution is -2.44. The molecule has 0 aliphatic heterocycles. The van der Waals surface area contributed by atoms with Crippen LogP contribution in [-0.2, 0) is 16.9 Å². The van der Waals surface area contributed by atoms with Crippen molar-refractivity contribution in [2.24, 2.45) is 0 Å². The largest absolute Gasteiger partial charge is 0.493 e. The van der Waals surface area contributed by atoms with Gasteiger partial charge in [-0.3, -0.25) is 4.90 Å². The van der Waals surface area contributed by atoms with Crippen LogP contribution < -0.4 is 9.47 Å². The minimum absolute atomic E-state index is 0.0925. The minimum atomic E-state index is -0.0925. The molecule has 2 rings (SSSR count). The van der Waals surface area contributed by atoms with Gasteiger partial charge in [-0.05, 0) is 49.7 Å². The number of hydrogen-bond acceptors (Lipinski definition) is 5. The van der Waals surface area contributed by atoms with Crippen LogP contribution in [0.3, 0.4) is 0 Å². The fourth-order valence-corrected chi connectivity index (χ4v) is 3.93. The molecule has 0 radical (unpaired) electrons. The molecule has 0 bridgehead atoms. The third kappa shape index (κ3) is 3.91. The summed E-state index contributed by atoms with van der Waals surface area (Å²) in [5.41, 5.74) is 0.979. The fraction of sp³-hybridized carbons (Fsp3) is 0.474. The van der Waals surface area contributed by atoms with Crippen molar-refractivity contribution >= 4 is 11.3 Å². The van der Waals surface area contributed by atoms with Crippen LogP contribution in [0.25, 0.3) is 0 Å². The molecular formula is C19H27NO3S. The van der Waals surface area contributed by atoms with Crippen LogP contribution in [0.4, 0.5) is 0 Å². The van der Waals surface area contributed by atoms with Crippen molar-refractivity contribution in [1.29, 1.82) is 0 Å². The third-order valence-electron chi connectivity index (χ3n) is 4.48. The van der Waals surface area contributed by atoms with Gasteiger partial charge in [0.25, 0.3) is 0 Å². The van der Waals surface area contributed by atoms with E-state index in [9.17, 15) is 0 Å². The molecule has 1 atom stereocenters. The summed E-state index contributed by atoms with van der Waals surface area (Å²) >= 11 is 1.78. The molecule has 5 heteroatoms. The van der Waals surface area contributed by atoms with Gasteiger partial charge in [-0.15, -0.1) is 11.3 Å². The molecule has 2 aromatic rings. The average Bonchev–Trinajstić information content (AvgIpc) is 3.13. The first-order valence-electron chi connectivity index (χ1n) is 8.07. The number of hydrogen-bond donors (Lipinski definition) is 0. The molecule has 4 nitrogen and oxygen atoms in total. The Morgan fingerprint density at radius 2 is 1.83 bits per heavy atom. The van der Waals surface area contributed by atoms with E-state index in [-0.39, 0.29) is 5.54 Å². The first-order chi connectivity index (χ1) is 11.6. The van der Waals surface area contributed by atoms with Gasteiger partial charge in [-0.1, -0.05) is 19.1 Å². The smallest absolute Gasteiger partial charge is 0.161 e. The highest BCUT2D eigenvalue weighted by atomic mass is 32.1. The molecule has 0 amide bonds. The number of thiophene rings is 1. The second kappa shape index (κ2) is 8.51. The van der Waals surface area contributed by atoms with Gasteiger partial charge in [0.05, 0.1) is 33.0 Å². The Kier molecular flexibility index (Phi) is 6.66. The zero-order valence-electron chi connectivity index (χ0n) is 15.2. The highest BCUT2D eigenvalue weighted by Gasteiger charge is 2.34. The quantitative estimate of drug-likeness (QED) is 0.680. The number of benzene rings is 1. The van der Waals surface area contributed by atoms with E-state index in [2.05, 4.69) is 43.4 Å². The lowest BCUT2D eigenvalue weighted by atomic mass is 9.93. The summed E-state index contributed by atoms with van der Waals surface area (Å²) in [6.07, 6.45) is 0.993. The first-order valence-corrected chi connectivity index (χ1v) is 8.95. The predicted molar refractivity (Wildman–Crippen MR) is 99.2 cm³/mol. The van der Waals surface area contributed by atoms with Gasteiger partial charge >= 0.3 is 0 Å². The van der Waals surface area contributed by atoms with Crippen molar-refractivity contribution in [3.63, 3.8) is 0 Å². The van der Waals surface area contributed by atoms with E-state index >= 15 is 0 Å². The molecule has 1 aromatic carbocycles. The number of likely N-dealkylation sites (N-methyl/N-ethyl adjacent to an activating group) is 1. The summed E-state index contributed by atoms with van der Waals surface area (Å²) < 4.78 is 16.7. The van der Waals surface area contributed by atoms with Crippen molar-refractivity contribution in [3.05, 3.63) is 46.2 Å². The van der Waals surface area contributed by atoms with Crippen LogP contribution in [0.15, 0.2) is 35.7 Å². The lowest BCUT2D eigenvalue weighted by molar-refractivity contribution is 0.00403. The van der Waals surface area contributed by atoms with Crippen molar-refractivity contribution in [1.82, 2.24) is 4.90 Å². The van der Waals surface area contributed by atoms with Crippen LogP contribution in [-0.4, -0.2) is 39.8 Å². The van der Waals surface area contributed by atoms with Crippen molar-refractivity contribution < 1.29 is 14.2 Å². The van der Waals surface area contributed by atoms with Crippen molar-refractivity contribution in [2.45, 2.75) is 25.5 Å². The molecular weight excluding hydrogens is 322 g/mol. The summed E-state index contributed by atoms with van der Waals surface area (Å²) in [6, 6.07) is 10.2. The normalized spacial score (nSPS) is 13.8. The third-order valence-corrected chi connectivity index (χ3v) is 5.54. The molecule has 132 valence electrons. The Balaban J connectivity index is 2.08. The molecule has 0 saturated carbocycles. The van der Waals surface area contributed by atoms with Crippen LogP contribution in [0.2, 0.25) is 0 Å². The number of methoxy groups -OCH3 is 2. The van der Waals surface area contributed by atoms with Crippen LogP contribution in [0, 0.1) is 0 Å². The predicted octanol–water partition coefficient (Wildman–Crippen LogP) is 4.15. The van der Waals surface area contributed by atoms with E-state index < -0.39 is 0 Å².